The van der Waals surface area contributed by atoms with Gasteiger partial charge in [0.15, 0.2) is 5.54 Å². The summed E-state index contributed by atoms with van der Waals surface area (Å²) in [6.07, 6.45) is 0.380. The summed E-state index contributed by atoms with van der Waals surface area (Å²) in [6.45, 7) is 0.652. The summed E-state index contributed by atoms with van der Waals surface area (Å²) in [5.41, 5.74) is -0.265. The van der Waals surface area contributed by atoms with Crippen LogP contribution in [0.15, 0.2) is 42.5 Å². The molecule has 0 bridgehead atoms. The van der Waals surface area contributed by atoms with E-state index in [-0.39, 0.29) is 19.1 Å². The number of carbonyl (C=O) groups is 2. The monoisotopic (exact) mass is 365 g/mol. The quantitative estimate of drug-likeness (QED) is 0.827. The van der Waals surface area contributed by atoms with Gasteiger partial charge in [-0.2, -0.15) is 0 Å². The molecule has 1 atom stereocenters. The topological polar surface area (TPSA) is 64.6 Å². The Bertz CT molecular complexity index is 725. The van der Waals surface area contributed by atoms with Crippen molar-refractivity contribution in [1.82, 2.24) is 5.32 Å². The fraction of sp³-hybridized carbons (Fsp3) is 0.294. The maximum atomic E-state index is 12.6. The number of benzene rings is 1. The zero-order valence-corrected chi connectivity index (χ0v) is 14.4. The lowest BCUT2D eigenvalue weighted by Gasteiger charge is -2.26. The molecule has 1 saturated heterocycles. The molecule has 1 fully saturated rings. The second kappa shape index (κ2) is 7.34. The molecule has 0 saturated carbocycles. The maximum Gasteiger partial charge on any atom is 0.334 e. The van der Waals surface area contributed by atoms with Crippen LogP contribution in [0.3, 0.4) is 0 Å². The third kappa shape index (κ3) is 3.77. The number of esters is 1. The third-order valence-corrected chi connectivity index (χ3v) is 5.00. The van der Waals surface area contributed by atoms with Crippen LogP contribution in [0.2, 0.25) is 4.34 Å². The van der Waals surface area contributed by atoms with Crippen LogP contribution in [0.4, 0.5) is 0 Å². The molecular weight excluding hydrogens is 350 g/mol. The number of nitrogens with one attached hydrogen (secondary N) is 1. The van der Waals surface area contributed by atoms with Crippen molar-refractivity contribution < 1.29 is 19.1 Å². The van der Waals surface area contributed by atoms with Crippen molar-refractivity contribution in [2.45, 2.75) is 18.6 Å². The Hall–Kier alpha value is -1.89. The Kier molecular flexibility index (Phi) is 5.18. The summed E-state index contributed by atoms with van der Waals surface area (Å²) in [6, 6.07) is 12.7. The number of amides is 1. The first-order valence-electron chi connectivity index (χ1n) is 7.46. The molecule has 1 aliphatic rings. The first kappa shape index (κ1) is 17.0. The first-order valence-corrected chi connectivity index (χ1v) is 8.65. The average Bonchev–Trinajstić information content (AvgIpc) is 3.23. The van der Waals surface area contributed by atoms with Gasteiger partial charge in [-0.05, 0) is 17.7 Å². The summed E-state index contributed by atoms with van der Waals surface area (Å²) in [7, 11) is 0. The highest BCUT2D eigenvalue weighted by Gasteiger charge is 2.45. The largest absolute Gasteiger partial charge is 0.459 e. The number of carbonyl (C=O) groups excluding carboxylic acids is 2. The van der Waals surface area contributed by atoms with Gasteiger partial charge >= 0.3 is 5.97 Å². The van der Waals surface area contributed by atoms with Crippen LogP contribution in [-0.2, 0) is 20.9 Å². The van der Waals surface area contributed by atoms with Crippen LogP contribution in [0.25, 0.3) is 0 Å². The van der Waals surface area contributed by atoms with Gasteiger partial charge in [-0.15, -0.1) is 11.3 Å². The van der Waals surface area contributed by atoms with Crippen molar-refractivity contribution in [3.8, 4) is 0 Å². The number of hydrogen-bond donors (Lipinski definition) is 1. The van der Waals surface area contributed by atoms with E-state index in [1.807, 2.05) is 30.3 Å². The van der Waals surface area contributed by atoms with E-state index >= 15 is 0 Å². The van der Waals surface area contributed by atoms with Crippen LogP contribution < -0.4 is 5.32 Å². The third-order valence-electron chi connectivity index (χ3n) is 3.77. The molecule has 1 unspecified atom stereocenters. The highest BCUT2D eigenvalue weighted by atomic mass is 35.5. The Labute approximate surface area is 148 Å². The minimum Gasteiger partial charge on any atom is -0.459 e. The molecule has 24 heavy (non-hydrogen) atoms. The Morgan fingerprint density at radius 2 is 2.04 bits per heavy atom. The average molecular weight is 366 g/mol. The molecule has 2 aromatic rings. The van der Waals surface area contributed by atoms with Gasteiger partial charge in [0.1, 0.15) is 6.61 Å². The summed E-state index contributed by atoms with van der Waals surface area (Å²) in [5, 5.41) is 2.77. The normalized spacial score (nSPS) is 19.9. The van der Waals surface area contributed by atoms with E-state index in [1.54, 1.807) is 12.1 Å². The number of halogens is 1. The zero-order valence-electron chi connectivity index (χ0n) is 12.8. The van der Waals surface area contributed by atoms with Crippen molar-refractivity contribution in [2.75, 3.05) is 13.2 Å². The summed E-state index contributed by atoms with van der Waals surface area (Å²) in [4.78, 5) is 25.4. The van der Waals surface area contributed by atoms with Crippen molar-refractivity contribution >= 4 is 34.8 Å². The second-order valence-electron chi connectivity index (χ2n) is 5.50. The van der Waals surface area contributed by atoms with Crippen molar-refractivity contribution in [2.24, 2.45) is 0 Å². The van der Waals surface area contributed by atoms with Crippen LogP contribution in [0.1, 0.15) is 21.7 Å². The first-order chi connectivity index (χ1) is 11.6. The summed E-state index contributed by atoms with van der Waals surface area (Å²) < 4.78 is 11.3. The summed E-state index contributed by atoms with van der Waals surface area (Å²) >= 11 is 7.02. The van der Waals surface area contributed by atoms with E-state index in [4.69, 9.17) is 21.1 Å². The summed E-state index contributed by atoms with van der Waals surface area (Å²) in [5.74, 6) is -0.839. The molecule has 0 aliphatic carbocycles. The molecule has 0 radical (unpaired) electrons. The predicted octanol–water partition coefficient (Wildman–Crippen LogP) is 3.03. The lowest BCUT2D eigenvalue weighted by molar-refractivity contribution is -0.152. The van der Waals surface area contributed by atoms with Crippen LogP contribution in [0, 0.1) is 0 Å². The molecule has 5 nitrogen and oxygen atoms in total. The van der Waals surface area contributed by atoms with Gasteiger partial charge in [0.05, 0.1) is 15.8 Å². The smallest absolute Gasteiger partial charge is 0.334 e. The van der Waals surface area contributed by atoms with Crippen molar-refractivity contribution in [1.29, 1.82) is 0 Å². The SMILES string of the molecule is O=C(NC1(C(=O)OCc2ccccc2)CCOC1)c1ccc(Cl)s1. The molecule has 1 aromatic carbocycles. The number of thiophene rings is 1. The fourth-order valence-corrected chi connectivity index (χ4v) is 3.39. The van der Waals surface area contributed by atoms with Gasteiger partial charge in [0, 0.05) is 13.0 Å². The number of hydrogen-bond acceptors (Lipinski definition) is 5. The van der Waals surface area contributed by atoms with E-state index in [1.165, 1.54) is 0 Å². The van der Waals surface area contributed by atoms with Gasteiger partial charge in [-0.3, -0.25) is 4.79 Å². The maximum absolute atomic E-state index is 12.6. The van der Waals surface area contributed by atoms with Gasteiger partial charge in [-0.25, -0.2) is 4.79 Å². The van der Waals surface area contributed by atoms with Gasteiger partial charge in [0.25, 0.3) is 5.91 Å². The number of ether oxygens (including phenoxy) is 2. The van der Waals surface area contributed by atoms with E-state index < -0.39 is 11.5 Å². The zero-order chi connectivity index (χ0) is 17.0. The Morgan fingerprint density at radius 3 is 2.67 bits per heavy atom. The molecular formula is C17H16ClNO4S. The highest BCUT2D eigenvalue weighted by Crippen LogP contribution is 2.25. The molecule has 126 valence electrons. The lowest BCUT2D eigenvalue weighted by atomic mass is 9.98. The lowest BCUT2D eigenvalue weighted by Crippen LogP contribution is -2.55. The van der Waals surface area contributed by atoms with Gasteiger partial charge in [-0.1, -0.05) is 41.9 Å². The minimum atomic E-state index is -1.15. The molecule has 1 aliphatic heterocycles. The molecule has 1 amide bonds. The molecule has 7 heteroatoms. The van der Waals surface area contributed by atoms with E-state index in [2.05, 4.69) is 5.32 Å². The van der Waals surface area contributed by atoms with E-state index in [0.29, 0.717) is 22.2 Å². The second-order valence-corrected chi connectivity index (χ2v) is 7.22. The molecule has 1 N–H and O–H groups in total. The van der Waals surface area contributed by atoms with Crippen molar-refractivity contribution in [3.63, 3.8) is 0 Å². The molecule has 0 spiro atoms. The van der Waals surface area contributed by atoms with E-state index in [9.17, 15) is 9.59 Å². The van der Waals surface area contributed by atoms with Crippen LogP contribution in [-0.4, -0.2) is 30.6 Å². The van der Waals surface area contributed by atoms with E-state index in [0.717, 1.165) is 16.9 Å². The molecule has 1 aromatic heterocycles. The fourth-order valence-electron chi connectivity index (χ4n) is 2.45. The highest BCUT2D eigenvalue weighted by molar-refractivity contribution is 7.18. The van der Waals surface area contributed by atoms with Crippen LogP contribution >= 0.6 is 22.9 Å². The van der Waals surface area contributed by atoms with Crippen LogP contribution in [0.5, 0.6) is 0 Å². The van der Waals surface area contributed by atoms with Gasteiger partial charge in [0.2, 0.25) is 0 Å². The standard InChI is InChI=1S/C17H16ClNO4S/c18-14-7-6-13(24-14)15(20)19-17(8-9-22-11-17)16(21)23-10-12-4-2-1-3-5-12/h1-7H,8-11H2,(H,19,20). The minimum absolute atomic E-state index is 0.103. The molecule has 3 rings (SSSR count). The Morgan fingerprint density at radius 1 is 1.25 bits per heavy atom. The molecule has 2 heterocycles. The van der Waals surface area contributed by atoms with Crippen molar-refractivity contribution in [3.05, 3.63) is 57.2 Å². The number of rotatable bonds is 5. The Balaban J connectivity index is 1.68. The van der Waals surface area contributed by atoms with Gasteiger partial charge < -0.3 is 14.8 Å². The predicted molar refractivity (Wildman–Crippen MR) is 91.2 cm³/mol.